The van der Waals surface area contributed by atoms with Gasteiger partial charge in [0.05, 0.1) is 5.69 Å². The monoisotopic (exact) mass is 235 g/mol. The minimum atomic E-state index is -0.234. The number of hydrogen-bond acceptors (Lipinski definition) is 3. The van der Waals surface area contributed by atoms with Crippen LogP contribution in [0.1, 0.15) is 4.88 Å². The summed E-state index contributed by atoms with van der Waals surface area (Å²) in [5, 5.41) is 0. The summed E-state index contributed by atoms with van der Waals surface area (Å²) < 4.78 is 13.6. The molecule has 0 N–H and O–H groups in total. The molecule has 0 fully saturated rings. The minimum absolute atomic E-state index is 0.234. The van der Waals surface area contributed by atoms with Gasteiger partial charge in [-0.1, -0.05) is 12.1 Å². The van der Waals surface area contributed by atoms with Crippen molar-refractivity contribution in [1.82, 2.24) is 9.88 Å². The smallest absolute Gasteiger partial charge is 0.153 e. The van der Waals surface area contributed by atoms with Crippen molar-refractivity contribution in [3.8, 4) is 11.3 Å². The van der Waals surface area contributed by atoms with Crippen LogP contribution in [0.3, 0.4) is 0 Å². The van der Waals surface area contributed by atoms with Crippen molar-refractivity contribution in [3.63, 3.8) is 0 Å². The van der Waals surface area contributed by atoms with Gasteiger partial charge in [0.1, 0.15) is 5.82 Å². The molecule has 0 aliphatic rings. The lowest BCUT2D eigenvalue weighted by atomic mass is 10.1. The maximum atomic E-state index is 13.6. The van der Waals surface area contributed by atoms with Crippen LogP contribution in [0.25, 0.3) is 11.3 Å². The summed E-state index contributed by atoms with van der Waals surface area (Å²) >= 11 is 1.44. The van der Waals surface area contributed by atoms with E-state index in [1.165, 1.54) is 17.4 Å². The van der Waals surface area contributed by atoms with Gasteiger partial charge in [-0.15, -0.1) is 11.3 Å². The zero-order valence-electron chi connectivity index (χ0n) is 9.20. The van der Waals surface area contributed by atoms with E-state index in [1.54, 1.807) is 12.1 Å². The third-order valence-corrected chi connectivity index (χ3v) is 2.93. The fourth-order valence-electron chi connectivity index (χ4n) is 1.49. The Morgan fingerprint density at radius 3 is 2.81 bits per heavy atom. The summed E-state index contributed by atoms with van der Waals surface area (Å²) in [7, 11) is 3.95. The number of nitrogens with zero attached hydrogens (tertiary/aromatic N) is 2. The zero-order valence-corrected chi connectivity index (χ0v) is 10.0. The molecular formula is C12H12FN2S. The highest BCUT2D eigenvalue weighted by molar-refractivity contribution is 7.09. The van der Waals surface area contributed by atoms with Gasteiger partial charge in [-0.05, 0) is 26.2 Å². The molecule has 0 saturated carbocycles. The third-order valence-electron chi connectivity index (χ3n) is 2.18. The van der Waals surface area contributed by atoms with Gasteiger partial charge in [-0.3, -0.25) is 0 Å². The van der Waals surface area contributed by atoms with Gasteiger partial charge in [0.2, 0.25) is 0 Å². The lowest BCUT2D eigenvalue weighted by molar-refractivity contribution is 0.406. The van der Waals surface area contributed by atoms with Crippen molar-refractivity contribution in [1.29, 1.82) is 0 Å². The number of halogens is 1. The summed E-state index contributed by atoms with van der Waals surface area (Å²) in [4.78, 5) is 7.20. The number of thiazole rings is 1. The maximum Gasteiger partial charge on any atom is 0.153 e. The van der Waals surface area contributed by atoms with Crippen LogP contribution in [0.5, 0.6) is 0 Å². The second-order valence-electron chi connectivity index (χ2n) is 3.79. The molecule has 0 unspecified atom stereocenters. The van der Waals surface area contributed by atoms with E-state index in [0.717, 1.165) is 11.4 Å². The zero-order chi connectivity index (χ0) is 11.5. The second-order valence-corrected chi connectivity index (χ2v) is 4.67. The first-order chi connectivity index (χ1) is 7.68. The third kappa shape index (κ3) is 2.28. The van der Waals surface area contributed by atoms with Crippen LogP contribution in [-0.4, -0.2) is 24.0 Å². The molecule has 2 nitrogen and oxygen atoms in total. The number of benzene rings is 1. The molecular weight excluding hydrogens is 223 g/mol. The van der Waals surface area contributed by atoms with E-state index in [2.05, 4.69) is 10.5 Å². The van der Waals surface area contributed by atoms with Gasteiger partial charge >= 0.3 is 0 Å². The van der Waals surface area contributed by atoms with E-state index < -0.39 is 0 Å². The summed E-state index contributed by atoms with van der Waals surface area (Å²) in [6.45, 7) is 0.755. The molecule has 0 bridgehead atoms. The molecule has 0 saturated heterocycles. The van der Waals surface area contributed by atoms with Crippen molar-refractivity contribution in [2.24, 2.45) is 0 Å². The summed E-state index contributed by atoms with van der Waals surface area (Å²) in [5.41, 5.74) is 4.09. The molecule has 0 aliphatic heterocycles. The highest BCUT2D eigenvalue weighted by Crippen LogP contribution is 2.27. The van der Waals surface area contributed by atoms with Gasteiger partial charge in [-0.25, -0.2) is 9.37 Å². The summed E-state index contributed by atoms with van der Waals surface area (Å²) in [6.07, 6.45) is 0. The normalized spacial score (nSPS) is 11.0. The summed E-state index contributed by atoms with van der Waals surface area (Å²) in [5.74, 6) is -0.234. The molecule has 0 amide bonds. The van der Waals surface area contributed by atoms with Gasteiger partial charge < -0.3 is 4.90 Å². The first-order valence-corrected chi connectivity index (χ1v) is 5.75. The first-order valence-electron chi connectivity index (χ1n) is 4.94. The quantitative estimate of drug-likeness (QED) is 0.813. The van der Waals surface area contributed by atoms with Crippen LogP contribution in [0, 0.1) is 11.3 Å². The van der Waals surface area contributed by atoms with Crippen LogP contribution in [0.4, 0.5) is 4.39 Å². The Bertz CT molecular complexity index is 479. The van der Waals surface area contributed by atoms with Crippen LogP contribution >= 0.6 is 11.3 Å². The molecule has 1 heterocycles. The SMILES string of the molecule is CN(C)Cc1s[c]nc1-c1ccccc1F. The van der Waals surface area contributed by atoms with Crippen molar-refractivity contribution >= 4 is 11.3 Å². The van der Waals surface area contributed by atoms with E-state index in [1.807, 2.05) is 25.1 Å². The van der Waals surface area contributed by atoms with Crippen molar-refractivity contribution < 1.29 is 4.39 Å². The molecule has 0 atom stereocenters. The Kier molecular flexibility index (Phi) is 3.31. The van der Waals surface area contributed by atoms with Gasteiger partial charge in [0, 0.05) is 17.0 Å². The second kappa shape index (κ2) is 4.72. The molecule has 16 heavy (non-hydrogen) atoms. The number of hydrogen-bond donors (Lipinski definition) is 0. The molecule has 1 radical (unpaired) electrons. The van der Waals surface area contributed by atoms with E-state index in [0.29, 0.717) is 11.3 Å². The van der Waals surface area contributed by atoms with Crippen LogP contribution < -0.4 is 0 Å². The summed E-state index contributed by atoms with van der Waals surface area (Å²) in [6, 6.07) is 6.70. The Balaban J connectivity index is 2.41. The van der Waals surface area contributed by atoms with Crippen molar-refractivity contribution in [2.45, 2.75) is 6.54 Å². The Morgan fingerprint density at radius 1 is 1.38 bits per heavy atom. The minimum Gasteiger partial charge on any atom is -0.304 e. The fraction of sp³-hybridized carbons (Fsp3) is 0.250. The Labute approximate surface area is 98.4 Å². The predicted molar refractivity (Wildman–Crippen MR) is 63.7 cm³/mol. The Hall–Kier alpha value is -1.26. The predicted octanol–water partition coefficient (Wildman–Crippen LogP) is 2.81. The van der Waals surface area contributed by atoms with Gasteiger partial charge in [0.25, 0.3) is 0 Å². The molecule has 2 aromatic rings. The number of aromatic nitrogens is 1. The van der Waals surface area contributed by atoms with Crippen molar-refractivity contribution in [2.75, 3.05) is 14.1 Å². The standard InChI is InChI=1S/C12H12FN2S/c1-15(2)7-11-12(14-8-16-11)9-5-3-4-6-10(9)13/h3-6H,7H2,1-2H3. The van der Waals surface area contributed by atoms with E-state index in [4.69, 9.17) is 0 Å². The average molecular weight is 235 g/mol. The van der Waals surface area contributed by atoms with E-state index in [-0.39, 0.29) is 5.82 Å². The molecule has 2 rings (SSSR count). The molecule has 83 valence electrons. The topological polar surface area (TPSA) is 16.1 Å². The molecule has 0 aliphatic carbocycles. The molecule has 0 spiro atoms. The molecule has 4 heteroatoms. The average Bonchev–Trinajstić information content (AvgIpc) is 2.66. The van der Waals surface area contributed by atoms with E-state index in [9.17, 15) is 4.39 Å². The lowest BCUT2D eigenvalue weighted by Gasteiger charge is -2.09. The van der Waals surface area contributed by atoms with Gasteiger partial charge in [0.15, 0.2) is 5.51 Å². The van der Waals surface area contributed by atoms with Crippen LogP contribution in [0.2, 0.25) is 0 Å². The fourth-order valence-corrected chi connectivity index (χ4v) is 2.31. The Morgan fingerprint density at radius 2 is 2.12 bits per heavy atom. The van der Waals surface area contributed by atoms with Crippen LogP contribution in [-0.2, 0) is 6.54 Å². The van der Waals surface area contributed by atoms with Crippen LogP contribution in [0.15, 0.2) is 24.3 Å². The first kappa shape index (κ1) is 11.2. The number of rotatable bonds is 3. The van der Waals surface area contributed by atoms with Crippen molar-refractivity contribution in [3.05, 3.63) is 40.5 Å². The largest absolute Gasteiger partial charge is 0.304 e. The van der Waals surface area contributed by atoms with Gasteiger partial charge in [-0.2, -0.15) is 0 Å². The van der Waals surface area contributed by atoms with E-state index >= 15 is 0 Å². The highest BCUT2D eigenvalue weighted by atomic mass is 32.1. The lowest BCUT2D eigenvalue weighted by Crippen LogP contribution is -2.10. The maximum absolute atomic E-state index is 13.6. The molecule has 1 aromatic heterocycles. The molecule has 1 aromatic carbocycles. The highest BCUT2D eigenvalue weighted by Gasteiger charge is 2.12.